The highest BCUT2D eigenvalue weighted by Gasteiger charge is 2.22. The molecule has 0 atom stereocenters. The van der Waals surface area contributed by atoms with Crippen LogP contribution in [0.25, 0.3) is 11.6 Å². The molecule has 1 aliphatic carbocycles. The van der Waals surface area contributed by atoms with Gasteiger partial charge in [-0.25, -0.2) is 0 Å². The number of pyridine rings is 1. The summed E-state index contributed by atoms with van der Waals surface area (Å²) in [6.45, 7) is 4.14. The maximum Gasteiger partial charge on any atom is 0.276 e. The molecule has 0 bridgehead atoms. The molecule has 0 unspecified atom stereocenters. The van der Waals surface area contributed by atoms with Gasteiger partial charge in [0.05, 0.1) is 6.61 Å². The van der Waals surface area contributed by atoms with E-state index in [1.165, 1.54) is 18.4 Å². The van der Waals surface area contributed by atoms with Crippen LogP contribution in [0.5, 0.6) is 5.75 Å². The fourth-order valence-electron chi connectivity index (χ4n) is 3.08. The maximum atomic E-state index is 6.05. The molecule has 0 radical (unpaired) electrons. The molecular weight excluding hydrogens is 519 g/mol. The van der Waals surface area contributed by atoms with Gasteiger partial charge in [0.1, 0.15) is 11.4 Å². The Morgan fingerprint density at radius 2 is 2.09 bits per heavy atom. The van der Waals surface area contributed by atoms with Gasteiger partial charge >= 0.3 is 0 Å². The number of hydrogen-bond acceptors (Lipinski definition) is 6. The summed E-state index contributed by atoms with van der Waals surface area (Å²) in [4.78, 5) is 12.9. The number of nitrogens with zero attached hydrogens (tertiary/aromatic N) is 4. The van der Waals surface area contributed by atoms with Crippen molar-refractivity contribution in [3.05, 3.63) is 59.5 Å². The van der Waals surface area contributed by atoms with Crippen LogP contribution >= 0.6 is 24.0 Å². The third kappa shape index (κ3) is 6.91. The van der Waals surface area contributed by atoms with Crippen LogP contribution in [0.15, 0.2) is 52.1 Å². The standard InChI is InChI=1S/C23H28N6O2.HI/c1-16-6-9-18(20(13-16)30-15-17-7-8-17)14-27-23(24-2)26-12-10-21-28-22(31-29-21)19-5-3-4-11-25-19;/h3-6,9,11,13,17H,7-8,10,12,14-15H2,1-2H3,(H2,24,26,27);1H. The molecule has 0 saturated heterocycles. The van der Waals surface area contributed by atoms with Gasteiger partial charge in [-0.3, -0.25) is 9.98 Å². The van der Waals surface area contributed by atoms with Gasteiger partial charge in [-0.1, -0.05) is 23.4 Å². The van der Waals surface area contributed by atoms with Crippen molar-refractivity contribution in [2.24, 2.45) is 10.9 Å². The first-order chi connectivity index (χ1) is 15.2. The first-order valence-electron chi connectivity index (χ1n) is 10.6. The molecule has 170 valence electrons. The third-order valence-corrected chi connectivity index (χ3v) is 5.06. The minimum Gasteiger partial charge on any atom is -0.493 e. The van der Waals surface area contributed by atoms with Gasteiger partial charge in [0.2, 0.25) is 0 Å². The van der Waals surface area contributed by atoms with Gasteiger partial charge in [0.15, 0.2) is 11.8 Å². The zero-order valence-corrected chi connectivity index (χ0v) is 20.7. The van der Waals surface area contributed by atoms with Crippen molar-refractivity contribution >= 4 is 29.9 Å². The van der Waals surface area contributed by atoms with E-state index in [0.717, 1.165) is 23.8 Å². The Hall–Kier alpha value is -2.69. The fourth-order valence-corrected chi connectivity index (χ4v) is 3.08. The van der Waals surface area contributed by atoms with Crippen LogP contribution < -0.4 is 15.4 Å². The highest BCUT2D eigenvalue weighted by Crippen LogP contribution is 2.30. The van der Waals surface area contributed by atoms with E-state index in [0.29, 0.717) is 42.9 Å². The first-order valence-corrected chi connectivity index (χ1v) is 10.6. The lowest BCUT2D eigenvalue weighted by molar-refractivity contribution is 0.296. The molecule has 0 aliphatic heterocycles. The number of aliphatic imine (C=N–C) groups is 1. The van der Waals surface area contributed by atoms with Crippen LogP contribution in [-0.2, 0) is 13.0 Å². The number of halogens is 1. The molecule has 4 rings (SSSR count). The summed E-state index contributed by atoms with van der Waals surface area (Å²) in [5.41, 5.74) is 2.99. The largest absolute Gasteiger partial charge is 0.493 e. The summed E-state index contributed by atoms with van der Waals surface area (Å²) in [5.74, 6) is 3.43. The predicted octanol–water partition coefficient (Wildman–Crippen LogP) is 3.75. The SMILES string of the molecule is CN=C(NCCc1noc(-c2ccccn2)n1)NCc1ccc(C)cc1OCC1CC1.I. The fraction of sp³-hybridized carbons (Fsp3) is 0.391. The molecule has 2 heterocycles. The van der Waals surface area contributed by atoms with E-state index in [1.54, 1.807) is 13.2 Å². The normalized spacial score (nSPS) is 13.4. The van der Waals surface area contributed by atoms with Crippen molar-refractivity contribution in [2.45, 2.75) is 32.7 Å². The molecule has 8 nitrogen and oxygen atoms in total. The van der Waals surface area contributed by atoms with Crippen LogP contribution in [0.2, 0.25) is 0 Å². The summed E-state index contributed by atoms with van der Waals surface area (Å²) in [5, 5.41) is 10.7. The lowest BCUT2D eigenvalue weighted by Gasteiger charge is -2.15. The minimum atomic E-state index is 0. The molecular formula is C23H29IN6O2. The van der Waals surface area contributed by atoms with Crippen molar-refractivity contribution in [3.63, 3.8) is 0 Å². The number of ether oxygens (including phenoxy) is 1. The molecule has 9 heteroatoms. The zero-order chi connectivity index (χ0) is 21.5. The summed E-state index contributed by atoms with van der Waals surface area (Å²) >= 11 is 0. The maximum absolute atomic E-state index is 6.05. The van der Waals surface area contributed by atoms with Gasteiger partial charge in [0.25, 0.3) is 5.89 Å². The first kappa shape index (κ1) is 24.0. The summed E-state index contributed by atoms with van der Waals surface area (Å²) in [6, 6.07) is 11.9. The van der Waals surface area contributed by atoms with E-state index in [1.807, 2.05) is 18.2 Å². The van der Waals surface area contributed by atoms with Crippen LogP contribution in [0.1, 0.15) is 29.8 Å². The average molecular weight is 548 g/mol. The van der Waals surface area contributed by atoms with Crippen molar-refractivity contribution < 1.29 is 9.26 Å². The molecule has 2 aromatic heterocycles. The Balaban J connectivity index is 0.00000289. The van der Waals surface area contributed by atoms with Gasteiger partial charge in [-0.2, -0.15) is 4.98 Å². The van der Waals surface area contributed by atoms with Crippen LogP contribution in [-0.4, -0.2) is 41.3 Å². The monoisotopic (exact) mass is 548 g/mol. The van der Waals surface area contributed by atoms with E-state index in [-0.39, 0.29) is 24.0 Å². The quantitative estimate of drug-likeness (QED) is 0.239. The summed E-state index contributed by atoms with van der Waals surface area (Å²) in [7, 11) is 1.75. The second-order valence-electron chi connectivity index (χ2n) is 7.70. The second-order valence-corrected chi connectivity index (χ2v) is 7.70. The number of nitrogens with one attached hydrogen (secondary N) is 2. The van der Waals surface area contributed by atoms with Gasteiger partial charge < -0.3 is 19.9 Å². The zero-order valence-electron chi connectivity index (χ0n) is 18.4. The number of benzene rings is 1. The van der Waals surface area contributed by atoms with E-state index in [4.69, 9.17) is 9.26 Å². The van der Waals surface area contributed by atoms with Gasteiger partial charge in [-0.05, 0) is 49.4 Å². The molecule has 1 aromatic carbocycles. The smallest absolute Gasteiger partial charge is 0.276 e. The lowest BCUT2D eigenvalue weighted by Crippen LogP contribution is -2.38. The second kappa shape index (κ2) is 11.8. The van der Waals surface area contributed by atoms with Crippen molar-refractivity contribution in [1.82, 2.24) is 25.8 Å². The Morgan fingerprint density at radius 1 is 1.22 bits per heavy atom. The molecule has 3 aromatic rings. The third-order valence-electron chi connectivity index (χ3n) is 5.06. The Bertz CT molecular complexity index is 1020. The Morgan fingerprint density at radius 3 is 2.84 bits per heavy atom. The molecule has 32 heavy (non-hydrogen) atoms. The number of rotatable bonds is 9. The Labute approximate surface area is 205 Å². The summed E-state index contributed by atoms with van der Waals surface area (Å²) in [6.07, 6.45) is 4.86. The number of aryl methyl sites for hydroxylation is 1. The molecule has 1 aliphatic rings. The van der Waals surface area contributed by atoms with Crippen molar-refractivity contribution in [2.75, 3.05) is 20.2 Å². The van der Waals surface area contributed by atoms with E-state index in [9.17, 15) is 0 Å². The number of aromatic nitrogens is 3. The van der Waals surface area contributed by atoms with E-state index >= 15 is 0 Å². The van der Waals surface area contributed by atoms with Crippen LogP contribution in [0.4, 0.5) is 0 Å². The molecule has 0 spiro atoms. The van der Waals surface area contributed by atoms with Crippen molar-refractivity contribution in [3.8, 4) is 17.3 Å². The molecule has 1 saturated carbocycles. The highest BCUT2D eigenvalue weighted by molar-refractivity contribution is 14.0. The van der Waals surface area contributed by atoms with Gasteiger partial charge in [-0.15, -0.1) is 24.0 Å². The van der Waals surface area contributed by atoms with E-state index < -0.39 is 0 Å². The Kier molecular flexibility index (Phi) is 8.83. The molecule has 0 amide bonds. The van der Waals surface area contributed by atoms with E-state index in [2.05, 4.69) is 55.9 Å². The summed E-state index contributed by atoms with van der Waals surface area (Å²) < 4.78 is 11.3. The lowest BCUT2D eigenvalue weighted by atomic mass is 10.1. The molecule has 2 N–H and O–H groups in total. The predicted molar refractivity (Wildman–Crippen MR) is 134 cm³/mol. The minimum absolute atomic E-state index is 0. The number of hydrogen-bond donors (Lipinski definition) is 2. The van der Waals surface area contributed by atoms with Crippen molar-refractivity contribution in [1.29, 1.82) is 0 Å². The van der Waals surface area contributed by atoms with Crippen LogP contribution in [0.3, 0.4) is 0 Å². The van der Waals surface area contributed by atoms with Gasteiger partial charge in [0, 0.05) is 38.3 Å². The number of guanidine groups is 1. The molecule has 1 fully saturated rings. The van der Waals surface area contributed by atoms with Crippen LogP contribution in [0, 0.1) is 12.8 Å². The highest BCUT2D eigenvalue weighted by atomic mass is 127. The average Bonchev–Trinajstić information content (AvgIpc) is 3.51. The topological polar surface area (TPSA) is 97.5 Å².